The Morgan fingerprint density at radius 1 is 1.02 bits per heavy atom. The maximum absolute atomic E-state index is 10.1. The van der Waals surface area contributed by atoms with Crippen LogP contribution in [0, 0.1) is 6.92 Å². The predicted molar refractivity (Wildman–Crippen MR) is 164 cm³/mol. The van der Waals surface area contributed by atoms with Crippen molar-refractivity contribution in [2.45, 2.75) is 58.2 Å². The van der Waals surface area contributed by atoms with Gasteiger partial charge in [0.05, 0.1) is 32.2 Å². The highest BCUT2D eigenvalue weighted by atomic mass is 16.5. The van der Waals surface area contributed by atoms with E-state index in [2.05, 4.69) is 32.6 Å². The molecule has 12 heteroatoms. The molecule has 0 bridgehead atoms. The summed E-state index contributed by atoms with van der Waals surface area (Å²) in [5.74, 6) is 3.47. The van der Waals surface area contributed by atoms with Crippen LogP contribution in [0.4, 0.5) is 11.6 Å². The van der Waals surface area contributed by atoms with E-state index < -0.39 is 0 Å². The molecule has 1 aromatic carbocycles. The molecule has 1 aliphatic rings. The average Bonchev–Trinajstić information content (AvgIpc) is 3.68. The van der Waals surface area contributed by atoms with E-state index in [1.807, 2.05) is 31.3 Å². The molecule has 0 saturated heterocycles. The lowest BCUT2D eigenvalue weighted by Gasteiger charge is -2.18. The van der Waals surface area contributed by atoms with Crippen molar-refractivity contribution in [1.29, 1.82) is 0 Å². The summed E-state index contributed by atoms with van der Waals surface area (Å²) in [4.78, 5) is 23.5. The van der Waals surface area contributed by atoms with Gasteiger partial charge in [-0.2, -0.15) is 5.10 Å². The topological polar surface area (TPSA) is 145 Å². The minimum atomic E-state index is -0.294. The van der Waals surface area contributed by atoms with Gasteiger partial charge >= 0.3 is 0 Å². The number of aliphatic hydroxyl groups excluding tert-OH is 1. The molecule has 222 valence electrons. The predicted octanol–water partition coefficient (Wildman–Crippen LogP) is 4.49. The minimum absolute atomic E-state index is 0.140. The van der Waals surface area contributed by atoms with E-state index in [0.717, 1.165) is 52.4 Å². The Hall–Kier alpha value is -4.84. The summed E-state index contributed by atoms with van der Waals surface area (Å²) in [5.41, 5.74) is 5.67. The molecule has 0 unspecified atom stereocenters. The number of ether oxygens (including phenoxy) is 2. The third-order valence-corrected chi connectivity index (χ3v) is 7.77. The fraction of sp³-hybridized carbons (Fsp3) is 0.355. The van der Waals surface area contributed by atoms with Crippen molar-refractivity contribution in [2.75, 3.05) is 24.9 Å². The van der Waals surface area contributed by atoms with E-state index in [0.29, 0.717) is 47.8 Å². The lowest BCUT2D eigenvalue weighted by atomic mass is 10.1. The second-order valence-corrected chi connectivity index (χ2v) is 10.6. The van der Waals surface area contributed by atoms with Crippen molar-refractivity contribution in [3.05, 3.63) is 66.1 Å². The number of benzene rings is 1. The highest BCUT2D eigenvalue weighted by Crippen LogP contribution is 2.34. The molecule has 2 atom stereocenters. The number of aromatic nitrogens is 7. The minimum Gasteiger partial charge on any atom is -0.497 e. The van der Waals surface area contributed by atoms with E-state index in [-0.39, 0.29) is 12.1 Å². The molecular formula is C31H35N9O3. The highest BCUT2D eigenvalue weighted by molar-refractivity contribution is 5.97. The summed E-state index contributed by atoms with van der Waals surface area (Å²) in [6.07, 6.45) is 11.5. The molecule has 0 aliphatic heterocycles. The molecule has 0 amide bonds. The van der Waals surface area contributed by atoms with Gasteiger partial charge in [-0.15, -0.1) is 0 Å². The highest BCUT2D eigenvalue weighted by Gasteiger charge is 2.25. The Labute approximate surface area is 249 Å². The number of rotatable bonds is 10. The van der Waals surface area contributed by atoms with Gasteiger partial charge in [0, 0.05) is 59.5 Å². The monoisotopic (exact) mass is 581 g/mol. The van der Waals surface area contributed by atoms with Crippen LogP contribution in [-0.2, 0) is 13.0 Å². The maximum atomic E-state index is 10.1. The van der Waals surface area contributed by atoms with Crippen LogP contribution in [-0.4, -0.2) is 66.2 Å². The normalized spacial score (nSPS) is 16.4. The van der Waals surface area contributed by atoms with Crippen LogP contribution in [0.25, 0.3) is 28.0 Å². The lowest BCUT2D eigenvalue weighted by molar-refractivity contribution is 0.182. The maximum Gasteiger partial charge on any atom is 0.159 e. The second-order valence-electron chi connectivity index (χ2n) is 10.6. The van der Waals surface area contributed by atoms with E-state index >= 15 is 0 Å². The Bertz CT molecular complexity index is 1760. The molecule has 0 radical (unpaired) electrons. The summed E-state index contributed by atoms with van der Waals surface area (Å²) in [7, 11) is 3.27. The summed E-state index contributed by atoms with van der Waals surface area (Å²) < 4.78 is 12.7. The molecular weight excluding hydrogens is 546 g/mol. The summed E-state index contributed by atoms with van der Waals surface area (Å²) >= 11 is 0. The van der Waals surface area contributed by atoms with E-state index in [1.54, 1.807) is 37.5 Å². The van der Waals surface area contributed by atoms with E-state index in [9.17, 15) is 5.11 Å². The number of nitrogens with one attached hydrogen (secondary N) is 2. The van der Waals surface area contributed by atoms with Crippen LogP contribution in [0.1, 0.15) is 43.0 Å². The smallest absolute Gasteiger partial charge is 0.159 e. The number of nitrogens with zero attached hydrogens (tertiary/aromatic N) is 7. The first kappa shape index (κ1) is 28.3. The van der Waals surface area contributed by atoms with Crippen molar-refractivity contribution in [3.8, 4) is 28.4 Å². The molecule has 0 spiro atoms. The summed E-state index contributed by atoms with van der Waals surface area (Å²) in [6.45, 7) is 4.47. The van der Waals surface area contributed by atoms with Gasteiger partial charge in [-0.1, -0.05) is 6.92 Å². The van der Waals surface area contributed by atoms with Crippen LogP contribution < -0.4 is 20.1 Å². The van der Waals surface area contributed by atoms with E-state index in [4.69, 9.17) is 24.4 Å². The number of hydrogen-bond donors (Lipinski definition) is 3. The Balaban J connectivity index is 1.42. The van der Waals surface area contributed by atoms with Crippen LogP contribution in [0.15, 0.2) is 49.3 Å². The Morgan fingerprint density at radius 2 is 1.91 bits per heavy atom. The molecule has 5 aromatic rings. The third kappa shape index (κ3) is 5.78. The first-order chi connectivity index (χ1) is 21.0. The second kappa shape index (κ2) is 12.2. The van der Waals surface area contributed by atoms with Gasteiger partial charge < -0.3 is 25.2 Å². The first-order valence-electron chi connectivity index (χ1n) is 14.4. The average molecular weight is 582 g/mol. The third-order valence-electron chi connectivity index (χ3n) is 7.77. The molecule has 1 saturated carbocycles. The molecule has 4 heterocycles. The van der Waals surface area contributed by atoms with E-state index in [1.165, 1.54) is 6.33 Å². The van der Waals surface area contributed by atoms with Gasteiger partial charge in [0.2, 0.25) is 0 Å². The van der Waals surface area contributed by atoms with Crippen molar-refractivity contribution >= 4 is 22.7 Å². The fourth-order valence-corrected chi connectivity index (χ4v) is 5.45. The summed E-state index contributed by atoms with van der Waals surface area (Å²) in [6, 6.07) is 5.86. The van der Waals surface area contributed by atoms with Gasteiger partial charge in [-0.3, -0.25) is 0 Å². The van der Waals surface area contributed by atoms with Crippen LogP contribution in [0.5, 0.6) is 11.5 Å². The van der Waals surface area contributed by atoms with Crippen LogP contribution >= 0.6 is 0 Å². The van der Waals surface area contributed by atoms with Crippen molar-refractivity contribution in [1.82, 2.24) is 34.7 Å². The summed E-state index contributed by atoms with van der Waals surface area (Å²) in [5, 5.41) is 21.7. The molecule has 3 N–H and O–H groups in total. The Kier molecular flexibility index (Phi) is 8.01. The van der Waals surface area contributed by atoms with Crippen molar-refractivity contribution in [2.24, 2.45) is 0 Å². The van der Waals surface area contributed by atoms with Gasteiger partial charge in [0.15, 0.2) is 11.6 Å². The Morgan fingerprint density at radius 3 is 2.65 bits per heavy atom. The fourth-order valence-electron chi connectivity index (χ4n) is 5.45. The zero-order valence-electron chi connectivity index (χ0n) is 24.7. The number of pyridine rings is 1. The van der Waals surface area contributed by atoms with Gasteiger partial charge in [-0.05, 0) is 44.7 Å². The largest absolute Gasteiger partial charge is 0.497 e. The van der Waals surface area contributed by atoms with Gasteiger partial charge in [-0.25, -0.2) is 29.6 Å². The van der Waals surface area contributed by atoms with Crippen LogP contribution in [0.3, 0.4) is 0 Å². The van der Waals surface area contributed by atoms with Crippen LogP contribution in [0.2, 0.25) is 0 Å². The number of fused-ring (bicyclic) bond motifs is 1. The molecule has 4 aromatic heterocycles. The molecule has 12 nitrogen and oxygen atoms in total. The molecule has 43 heavy (non-hydrogen) atoms. The van der Waals surface area contributed by atoms with Gasteiger partial charge in [0.1, 0.15) is 34.7 Å². The number of aryl methyl sites for hydroxylation is 2. The quantitative estimate of drug-likeness (QED) is 0.214. The number of methoxy groups -OCH3 is 2. The number of aliphatic hydroxyl groups is 1. The number of hydrogen-bond acceptors (Lipinski definition) is 11. The SMILES string of the molecule is CCc1nc2c(NCc3ccc(OC)cc3OC)ncc(-c3cnn(-c4ncncc4C)c3)c2nc1N[C@@H]1CC[C@H](O)C1. The zero-order chi connectivity index (χ0) is 29.9. The number of anilines is 2. The lowest BCUT2D eigenvalue weighted by Crippen LogP contribution is -2.19. The molecule has 6 rings (SSSR count). The molecule has 1 aliphatic carbocycles. The zero-order valence-corrected chi connectivity index (χ0v) is 24.7. The van der Waals surface area contributed by atoms with Crippen molar-refractivity contribution < 1.29 is 14.6 Å². The van der Waals surface area contributed by atoms with Crippen molar-refractivity contribution in [3.63, 3.8) is 0 Å². The first-order valence-corrected chi connectivity index (χ1v) is 14.4. The standard InChI is InChI=1S/C31H35N9O3/c1-5-25-29(37-21-7-8-22(41)10-21)39-27-24(20-14-36-40(16-20)31-18(2)12-32-17-35-31)15-34-30(28(27)38-25)33-13-19-6-9-23(42-3)11-26(19)43-4/h6,9,11-12,14-17,21-22,41H,5,7-8,10,13H2,1-4H3,(H,33,34)(H,37,39)/t21-,22+/m1/s1. The molecule has 1 fully saturated rings. The van der Waals surface area contributed by atoms with Gasteiger partial charge in [0.25, 0.3) is 0 Å².